The Kier molecular flexibility index (Phi) is 4.94. The first-order chi connectivity index (χ1) is 12.0. The molecule has 3 rings (SSSR count). The molecule has 0 aliphatic carbocycles. The summed E-state index contributed by atoms with van der Waals surface area (Å²) in [6, 6.07) is 3.41. The van der Waals surface area contributed by atoms with Crippen LogP contribution < -0.4 is 10.1 Å². The van der Waals surface area contributed by atoms with Gasteiger partial charge < -0.3 is 20.0 Å². The number of hydrogen-bond acceptors (Lipinski definition) is 4. The number of amides is 2. The number of aryl methyl sites for hydroxylation is 1. The average molecular weight is 359 g/mol. The Morgan fingerprint density at radius 1 is 1.52 bits per heavy atom. The number of aromatic nitrogens is 3. The molecule has 3 N–H and O–H groups in total. The summed E-state index contributed by atoms with van der Waals surface area (Å²) >= 11 is 1.36. The summed E-state index contributed by atoms with van der Waals surface area (Å²) in [5, 5.41) is 13.7. The molecule has 25 heavy (non-hydrogen) atoms. The van der Waals surface area contributed by atoms with E-state index in [-0.39, 0.29) is 11.9 Å². The minimum Gasteiger partial charge on any atom is -0.465 e. The van der Waals surface area contributed by atoms with Gasteiger partial charge in [0, 0.05) is 41.9 Å². The molecule has 9 heteroatoms. The second kappa shape index (κ2) is 7.31. The molecule has 0 aromatic carbocycles. The van der Waals surface area contributed by atoms with Crippen LogP contribution in [0.2, 0.25) is 0 Å². The molecule has 1 unspecified atom stereocenters. The van der Waals surface area contributed by atoms with Gasteiger partial charge in [-0.05, 0) is 25.5 Å². The van der Waals surface area contributed by atoms with Crippen molar-refractivity contribution in [2.24, 2.45) is 4.99 Å². The van der Waals surface area contributed by atoms with Crippen LogP contribution >= 0.6 is 11.3 Å². The van der Waals surface area contributed by atoms with Crippen LogP contribution in [0.15, 0.2) is 41.1 Å². The molecule has 2 amide bonds. The first kappa shape index (κ1) is 16.9. The maximum absolute atomic E-state index is 12.5. The fraction of sp³-hybridized carbons (Fsp3) is 0.250. The third kappa shape index (κ3) is 3.94. The lowest BCUT2D eigenvalue weighted by Gasteiger charge is -2.11. The summed E-state index contributed by atoms with van der Waals surface area (Å²) in [5.41, 5.74) is 1.12. The summed E-state index contributed by atoms with van der Waals surface area (Å²) in [6.07, 6.45) is 4.66. The van der Waals surface area contributed by atoms with Crippen LogP contribution in [0.1, 0.15) is 23.7 Å². The van der Waals surface area contributed by atoms with Crippen molar-refractivity contribution < 1.29 is 14.7 Å². The zero-order valence-corrected chi connectivity index (χ0v) is 14.3. The third-order valence-electron chi connectivity index (χ3n) is 3.71. The minimum atomic E-state index is -1.05. The molecule has 8 nitrogen and oxygen atoms in total. The van der Waals surface area contributed by atoms with Gasteiger partial charge in [0.05, 0.1) is 5.56 Å². The quantitative estimate of drug-likeness (QED) is 0.648. The van der Waals surface area contributed by atoms with E-state index in [1.807, 2.05) is 22.2 Å². The molecule has 0 aliphatic heterocycles. The predicted molar refractivity (Wildman–Crippen MR) is 93.5 cm³/mol. The van der Waals surface area contributed by atoms with Gasteiger partial charge >= 0.3 is 6.09 Å². The topological polar surface area (TPSA) is 112 Å². The van der Waals surface area contributed by atoms with E-state index in [2.05, 4.69) is 20.3 Å². The van der Waals surface area contributed by atoms with E-state index in [0.717, 1.165) is 5.39 Å². The maximum atomic E-state index is 12.5. The van der Waals surface area contributed by atoms with Crippen LogP contribution in [0.25, 0.3) is 11.0 Å². The number of thiazole rings is 1. The van der Waals surface area contributed by atoms with Crippen LogP contribution in [-0.4, -0.2) is 37.7 Å². The summed E-state index contributed by atoms with van der Waals surface area (Å²) in [4.78, 5) is 35.1. The van der Waals surface area contributed by atoms with E-state index in [9.17, 15) is 9.59 Å². The van der Waals surface area contributed by atoms with Crippen LogP contribution in [-0.2, 0) is 6.54 Å². The number of fused-ring (bicyclic) bond motifs is 1. The Labute approximate surface area is 146 Å². The van der Waals surface area contributed by atoms with Crippen molar-refractivity contribution in [2.75, 3.05) is 0 Å². The highest BCUT2D eigenvalue weighted by atomic mass is 32.1. The van der Waals surface area contributed by atoms with E-state index < -0.39 is 6.09 Å². The van der Waals surface area contributed by atoms with Gasteiger partial charge in [0.15, 0.2) is 4.80 Å². The molecule has 3 aromatic rings. The van der Waals surface area contributed by atoms with Crippen LogP contribution in [0, 0.1) is 0 Å². The number of nitrogens with zero attached hydrogens (tertiary/aromatic N) is 3. The molecule has 0 spiro atoms. The monoisotopic (exact) mass is 359 g/mol. The second-order valence-electron chi connectivity index (χ2n) is 5.54. The van der Waals surface area contributed by atoms with Gasteiger partial charge in [0.1, 0.15) is 5.65 Å². The highest BCUT2D eigenvalue weighted by Crippen LogP contribution is 2.16. The van der Waals surface area contributed by atoms with Crippen molar-refractivity contribution in [1.82, 2.24) is 19.9 Å². The number of nitrogens with one attached hydrogen (secondary N) is 2. The van der Waals surface area contributed by atoms with Crippen molar-refractivity contribution in [3.63, 3.8) is 0 Å². The molecule has 0 saturated heterocycles. The Morgan fingerprint density at radius 2 is 2.36 bits per heavy atom. The third-order valence-corrected chi connectivity index (χ3v) is 4.51. The summed E-state index contributed by atoms with van der Waals surface area (Å²) in [7, 11) is 0. The number of pyridine rings is 1. The fourth-order valence-electron chi connectivity index (χ4n) is 2.45. The summed E-state index contributed by atoms with van der Waals surface area (Å²) in [6.45, 7) is 2.36. The van der Waals surface area contributed by atoms with Gasteiger partial charge in [0.2, 0.25) is 0 Å². The number of rotatable bonds is 5. The van der Waals surface area contributed by atoms with Crippen molar-refractivity contribution in [3.8, 4) is 0 Å². The molecule has 130 valence electrons. The number of carbonyl (C=O) groups excluding carboxylic acids is 1. The SMILES string of the molecule is CC(CCn1ccs/c1=N/C(=O)c1c[nH]c2ncccc12)NC(=O)O. The number of H-pyrrole nitrogens is 1. The summed E-state index contributed by atoms with van der Waals surface area (Å²) in [5.74, 6) is -0.341. The van der Waals surface area contributed by atoms with E-state index in [1.165, 1.54) is 11.3 Å². The second-order valence-corrected chi connectivity index (χ2v) is 6.41. The zero-order chi connectivity index (χ0) is 17.8. The van der Waals surface area contributed by atoms with Crippen molar-refractivity contribution >= 4 is 34.4 Å². The lowest BCUT2D eigenvalue weighted by molar-refractivity contribution is 0.0999. The van der Waals surface area contributed by atoms with E-state index in [1.54, 1.807) is 25.4 Å². The number of aromatic amines is 1. The van der Waals surface area contributed by atoms with Crippen molar-refractivity contribution in [2.45, 2.75) is 25.9 Å². The molecule has 3 aromatic heterocycles. The van der Waals surface area contributed by atoms with Crippen LogP contribution in [0.3, 0.4) is 0 Å². The van der Waals surface area contributed by atoms with Crippen molar-refractivity contribution in [3.05, 3.63) is 46.5 Å². The Morgan fingerprint density at radius 3 is 3.16 bits per heavy atom. The molecular formula is C16H17N5O3S. The van der Waals surface area contributed by atoms with Gasteiger partial charge in [-0.15, -0.1) is 11.3 Å². The van der Waals surface area contributed by atoms with Gasteiger partial charge in [-0.25, -0.2) is 9.78 Å². The van der Waals surface area contributed by atoms with Crippen molar-refractivity contribution in [1.29, 1.82) is 0 Å². The molecular weight excluding hydrogens is 342 g/mol. The van der Waals surface area contributed by atoms with Gasteiger partial charge in [0.25, 0.3) is 5.91 Å². The first-order valence-electron chi connectivity index (χ1n) is 7.69. The van der Waals surface area contributed by atoms with E-state index in [0.29, 0.717) is 29.0 Å². The minimum absolute atomic E-state index is 0.187. The molecule has 0 bridgehead atoms. The Balaban J connectivity index is 1.79. The first-order valence-corrected chi connectivity index (χ1v) is 8.57. The molecule has 0 saturated carbocycles. The molecule has 1 atom stereocenters. The standard InChI is InChI=1S/C16H17N5O3S/c1-10(19-16(23)24)4-6-21-7-8-25-15(21)20-14(22)12-9-18-13-11(12)3-2-5-17-13/h2-3,5,7-10,19H,4,6H2,1H3,(H,17,18)(H,23,24)/b20-15+. The lowest BCUT2D eigenvalue weighted by atomic mass is 10.2. The largest absolute Gasteiger partial charge is 0.465 e. The summed E-state index contributed by atoms with van der Waals surface area (Å²) < 4.78 is 1.84. The Hall–Kier alpha value is -2.94. The van der Waals surface area contributed by atoms with Gasteiger partial charge in [-0.1, -0.05) is 0 Å². The van der Waals surface area contributed by atoms with Gasteiger partial charge in [-0.2, -0.15) is 4.99 Å². The molecule has 0 radical (unpaired) electrons. The van der Waals surface area contributed by atoms with Crippen LogP contribution in [0.4, 0.5) is 4.79 Å². The van der Waals surface area contributed by atoms with Crippen LogP contribution in [0.5, 0.6) is 0 Å². The molecule has 3 heterocycles. The smallest absolute Gasteiger partial charge is 0.404 e. The lowest BCUT2D eigenvalue weighted by Crippen LogP contribution is -2.32. The molecule has 0 fully saturated rings. The Bertz CT molecular complexity index is 971. The predicted octanol–water partition coefficient (Wildman–Crippen LogP) is 2.21. The maximum Gasteiger partial charge on any atom is 0.404 e. The highest BCUT2D eigenvalue weighted by Gasteiger charge is 2.12. The highest BCUT2D eigenvalue weighted by molar-refractivity contribution is 7.07. The molecule has 0 aliphatic rings. The number of carboxylic acid groups (broad SMARTS) is 1. The zero-order valence-electron chi connectivity index (χ0n) is 13.5. The van der Waals surface area contributed by atoms with E-state index in [4.69, 9.17) is 5.11 Å². The van der Waals surface area contributed by atoms with Gasteiger partial charge in [-0.3, -0.25) is 4.79 Å². The normalized spacial score (nSPS) is 13.1. The number of hydrogen-bond donors (Lipinski definition) is 3. The fourth-order valence-corrected chi connectivity index (χ4v) is 3.21. The number of carbonyl (C=O) groups is 2. The average Bonchev–Trinajstić information content (AvgIpc) is 3.18. The van der Waals surface area contributed by atoms with E-state index >= 15 is 0 Å².